The van der Waals surface area contributed by atoms with Crippen molar-refractivity contribution in [3.63, 3.8) is 0 Å². The molecule has 0 radical (unpaired) electrons. The van der Waals surface area contributed by atoms with Crippen molar-refractivity contribution in [1.82, 2.24) is 4.90 Å². The van der Waals surface area contributed by atoms with E-state index in [-0.39, 0.29) is 13.0 Å². The van der Waals surface area contributed by atoms with Gasteiger partial charge in [0.15, 0.2) is 0 Å². The molecule has 1 fully saturated rings. The Bertz CT molecular complexity index is 659. The summed E-state index contributed by atoms with van der Waals surface area (Å²) in [4.78, 5) is 24.7. The van der Waals surface area contributed by atoms with Gasteiger partial charge in [-0.25, -0.2) is 9.59 Å². The lowest BCUT2D eigenvalue weighted by Crippen LogP contribution is -2.42. The molecular formula is C19H25NO6. The molecule has 0 spiro atoms. The van der Waals surface area contributed by atoms with E-state index in [2.05, 4.69) is 6.58 Å². The summed E-state index contributed by atoms with van der Waals surface area (Å²) in [6.45, 7) is 4.32. The zero-order valence-corrected chi connectivity index (χ0v) is 14.9. The highest BCUT2D eigenvalue weighted by Crippen LogP contribution is 2.37. The maximum absolute atomic E-state index is 11.8. The molecule has 2 atom stereocenters. The predicted octanol–water partition coefficient (Wildman–Crippen LogP) is 2.99. The van der Waals surface area contributed by atoms with Gasteiger partial charge in [-0.1, -0.05) is 12.1 Å². The minimum Gasteiger partial charge on any atom is -0.493 e. The molecule has 0 aliphatic carbocycles. The Kier molecular flexibility index (Phi) is 7.03. The topological polar surface area (TPSA) is 96.3 Å². The molecule has 1 aromatic carbocycles. The van der Waals surface area contributed by atoms with Crippen molar-refractivity contribution in [3.8, 4) is 5.75 Å². The lowest BCUT2D eigenvalue weighted by molar-refractivity contribution is 0.0413. The van der Waals surface area contributed by atoms with Crippen LogP contribution in [0.25, 0.3) is 0 Å². The fourth-order valence-electron chi connectivity index (χ4n) is 3.06. The Labute approximate surface area is 152 Å². The minimum absolute atomic E-state index is 0.246. The Morgan fingerprint density at radius 3 is 2.85 bits per heavy atom. The standard InChI is InChI=1S/C19H25NO6/c1-3-4-5-10-26-17-11-13(18(22)25-2)6-7-15(17)16-12-14(21)8-9-20(16)19(23)24/h3,6-7,11,14,16,21H,1,4-5,8-10,12H2,2H3,(H,23,24)/t14?,16-/m0/s1. The predicted molar refractivity (Wildman–Crippen MR) is 95.4 cm³/mol. The molecule has 1 aliphatic rings. The summed E-state index contributed by atoms with van der Waals surface area (Å²) in [5, 5.41) is 19.5. The number of unbranched alkanes of at least 4 members (excludes halogenated alkanes) is 1. The number of ether oxygens (including phenoxy) is 2. The van der Waals surface area contributed by atoms with Crippen LogP contribution in [0.5, 0.6) is 5.75 Å². The van der Waals surface area contributed by atoms with E-state index >= 15 is 0 Å². The van der Waals surface area contributed by atoms with Crippen LogP contribution in [-0.4, -0.2) is 53.5 Å². The van der Waals surface area contributed by atoms with Crippen LogP contribution < -0.4 is 4.74 Å². The summed E-state index contributed by atoms with van der Waals surface area (Å²) in [7, 11) is 1.30. The van der Waals surface area contributed by atoms with Gasteiger partial charge < -0.3 is 24.6 Å². The zero-order valence-electron chi connectivity index (χ0n) is 14.9. The van der Waals surface area contributed by atoms with Gasteiger partial charge in [-0.05, 0) is 37.8 Å². The van der Waals surface area contributed by atoms with Crippen LogP contribution in [0.1, 0.15) is 47.6 Å². The molecule has 0 aromatic heterocycles. The number of carbonyl (C=O) groups excluding carboxylic acids is 1. The molecule has 1 heterocycles. The van der Waals surface area contributed by atoms with E-state index in [0.717, 1.165) is 12.8 Å². The van der Waals surface area contributed by atoms with Crippen molar-refractivity contribution in [1.29, 1.82) is 0 Å². The van der Waals surface area contributed by atoms with Crippen LogP contribution >= 0.6 is 0 Å². The van der Waals surface area contributed by atoms with Crippen LogP contribution in [0.3, 0.4) is 0 Å². The van der Waals surface area contributed by atoms with Crippen molar-refractivity contribution in [2.24, 2.45) is 0 Å². The molecule has 142 valence electrons. The molecule has 1 unspecified atom stereocenters. The highest BCUT2D eigenvalue weighted by Gasteiger charge is 2.34. The quantitative estimate of drug-likeness (QED) is 0.439. The van der Waals surface area contributed by atoms with Crippen molar-refractivity contribution < 1.29 is 29.3 Å². The first-order chi connectivity index (χ1) is 12.5. The Hall–Kier alpha value is -2.54. The number of carbonyl (C=O) groups is 2. The number of nitrogens with zero attached hydrogens (tertiary/aromatic N) is 1. The fraction of sp³-hybridized carbons (Fsp3) is 0.474. The van der Waals surface area contributed by atoms with E-state index in [0.29, 0.717) is 29.9 Å². The van der Waals surface area contributed by atoms with Gasteiger partial charge in [-0.3, -0.25) is 0 Å². The number of hydrogen-bond acceptors (Lipinski definition) is 5. The molecule has 1 aliphatic heterocycles. The summed E-state index contributed by atoms with van der Waals surface area (Å²) < 4.78 is 10.6. The van der Waals surface area contributed by atoms with Crippen molar-refractivity contribution in [3.05, 3.63) is 42.0 Å². The highest BCUT2D eigenvalue weighted by atomic mass is 16.5. The molecule has 2 N–H and O–H groups in total. The third-order valence-corrected chi connectivity index (χ3v) is 4.42. The monoisotopic (exact) mass is 363 g/mol. The Morgan fingerprint density at radius 1 is 1.42 bits per heavy atom. The van der Waals surface area contributed by atoms with Gasteiger partial charge in [0.25, 0.3) is 0 Å². The van der Waals surface area contributed by atoms with Gasteiger partial charge in [0.2, 0.25) is 0 Å². The third-order valence-electron chi connectivity index (χ3n) is 4.42. The summed E-state index contributed by atoms with van der Waals surface area (Å²) in [6, 6.07) is 4.29. The maximum Gasteiger partial charge on any atom is 0.407 e. The summed E-state index contributed by atoms with van der Waals surface area (Å²) in [6.07, 6.45) is 2.39. The number of carboxylic acid groups (broad SMARTS) is 1. The average molecular weight is 363 g/mol. The first-order valence-corrected chi connectivity index (χ1v) is 8.61. The van der Waals surface area contributed by atoms with E-state index < -0.39 is 24.2 Å². The van der Waals surface area contributed by atoms with Crippen molar-refractivity contribution in [2.75, 3.05) is 20.3 Å². The normalized spacial score (nSPS) is 19.7. The second-order valence-corrected chi connectivity index (χ2v) is 6.19. The number of methoxy groups -OCH3 is 1. The van der Waals surface area contributed by atoms with E-state index in [4.69, 9.17) is 9.47 Å². The van der Waals surface area contributed by atoms with Crippen molar-refractivity contribution in [2.45, 2.75) is 37.8 Å². The Morgan fingerprint density at radius 2 is 2.19 bits per heavy atom. The Balaban J connectivity index is 2.35. The lowest BCUT2D eigenvalue weighted by Gasteiger charge is -2.37. The van der Waals surface area contributed by atoms with Gasteiger partial charge >= 0.3 is 12.1 Å². The second kappa shape index (κ2) is 9.24. The molecule has 1 amide bonds. The number of likely N-dealkylation sites (tertiary alicyclic amines) is 1. The summed E-state index contributed by atoms with van der Waals surface area (Å²) in [5.74, 6) is -0.0615. The van der Waals surface area contributed by atoms with Crippen LogP contribution in [0.2, 0.25) is 0 Å². The van der Waals surface area contributed by atoms with Gasteiger partial charge in [0.1, 0.15) is 5.75 Å². The average Bonchev–Trinajstić information content (AvgIpc) is 2.64. The SMILES string of the molecule is C=CCCCOc1cc(C(=O)OC)ccc1[C@@H]1CC(O)CCN1C(=O)O. The molecule has 7 heteroatoms. The number of aliphatic hydroxyl groups excluding tert-OH is 1. The number of rotatable bonds is 7. The molecule has 0 bridgehead atoms. The number of hydrogen-bond donors (Lipinski definition) is 2. The lowest BCUT2D eigenvalue weighted by atomic mass is 9.92. The smallest absolute Gasteiger partial charge is 0.407 e. The summed E-state index contributed by atoms with van der Waals surface area (Å²) >= 11 is 0. The van der Waals surface area contributed by atoms with E-state index in [1.54, 1.807) is 24.3 Å². The zero-order chi connectivity index (χ0) is 19.1. The van der Waals surface area contributed by atoms with Gasteiger partial charge in [-0.2, -0.15) is 0 Å². The fourth-order valence-corrected chi connectivity index (χ4v) is 3.06. The molecule has 7 nitrogen and oxygen atoms in total. The maximum atomic E-state index is 11.8. The van der Waals surface area contributed by atoms with Crippen LogP contribution in [0.4, 0.5) is 4.79 Å². The minimum atomic E-state index is -1.04. The number of piperidine rings is 1. The molecule has 0 saturated carbocycles. The molecule has 1 aromatic rings. The van der Waals surface area contributed by atoms with E-state index in [1.165, 1.54) is 12.0 Å². The van der Waals surface area contributed by atoms with Crippen LogP contribution in [0.15, 0.2) is 30.9 Å². The van der Waals surface area contributed by atoms with Crippen molar-refractivity contribution >= 4 is 12.1 Å². The summed E-state index contributed by atoms with van der Waals surface area (Å²) in [5.41, 5.74) is 0.964. The number of aliphatic hydroxyl groups is 1. The molecule has 2 rings (SSSR count). The molecule has 26 heavy (non-hydrogen) atoms. The van der Waals surface area contributed by atoms with Gasteiger partial charge in [0, 0.05) is 12.1 Å². The number of esters is 1. The third kappa shape index (κ3) is 4.76. The second-order valence-electron chi connectivity index (χ2n) is 6.19. The van der Waals surface area contributed by atoms with Gasteiger partial charge in [-0.15, -0.1) is 6.58 Å². The van der Waals surface area contributed by atoms with Crippen LogP contribution in [0, 0.1) is 0 Å². The first kappa shape index (κ1) is 19.8. The van der Waals surface area contributed by atoms with E-state index in [1.807, 2.05) is 0 Å². The largest absolute Gasteiger partial charge is 0.493 e. The molecule has 1 saturated heterocycles. The highest BCUT2D eigenvalue weighted by molar-refractivity contribution is 5.90. The number of benzene rings is 1. The van der Waals surface area contributed by atoms with E-state index in [9.17, 15) is 19.8 Å². The van der Waals surface area contributed by atoms with Crippen LogP contribution in [-0.2, 0) is 4.74 Å². The first-order valence-electron chi connectivity index (χ1n) is 8.61. The van der Waals surface area contributed by atoms with Gasteiger partial charge in [0.05, 0.1) is 31.4 Å². The number of allylic oxidation sites excluding steroid dienone is 1. The number of amides is 1. The molecular weight excluding hydrogens is 338 g/mol.